The van der Waals surface area contributed by atoms with E-state index >= 15 is 0 Å². The van der Waals surface area contributed by atoms with Crippen LogP contribution >= 0.6 is 0 Å². The Hall–Kier alpha value is -3.00. The lowest BCUT2D eigenvalue weighted by Crippen LogP contribution is -2.51. The van der Waals surface area contributed by atoms with Crippen molar-refractivity contribution in [2.75, 3.05) is 26.2 Å². The predicted octanol–water partition coefficient (Wildman–Crippen LogP) is 5.23. The number of carboxylic acids is 1. The molecular formula is C28H36N4O4. The number of nitrogens with zero attached hydrogens (tertiary/aromatic N) is 4. The summed E-state index contributed by atoms with van der Waals surface area (Å²) >= 11 is 0. The molecule has 2 aliphatic carbocycles. The summed E-state index contributed by atoms with van der Waals surface area (Å²) in [5.41, 5.74) is 5.42. The molecule has 2 aromatic heterocycles. The molecule has 0 bridgehead atoms. The van der Waals surface area contributed by atoms with Crippen LogP contribution in [0.2, 0.25) is 0 Å². The Bertz CT molecular complexity index is 1170. The second-order valence-electron chi connectivity index (χ2n) is 10.5. The quantitative estimate of drug-likeness (QED) is 0.508. The fourth-order valence-corrected chi connectivity index (χ4v) is 5.67. The van der Waals surface area contributed by atoms with E-state index < -0.39 is 5.97 Å². The van der Waals surface area contributed by atoms with Crippen LogP contribution in [0.4, 0.5) is 0 Å². The van der Waals surface area contributed by atoms with Gasteiger partial charge in [0.25, 0.3) is 5.89 Å². The smallest absolute Gasteiger partial charge is 0.309 e. The van der Waals surface area contributed by atoms with Crippen molar-refractivity contribution < 1.29 is 19.2 Å². The Kier molecular flexibility index (Phi) is 7.23. The average molecular weight is 493 g/mol. The fraction of sp³-hybridized carbons (Fsp3) is 0.571. The lowest BCUT2D eigenvalue weighted by molar-refractivity contribution is -0.147. The number of rotatable bonds is 9. The van der Waals surface area contributed by atoms with E-state index in [9.17, 15) is 4.79 Å². The first-order chi connectivity index (χ1) is 17.4. The fourth-order valence-electron chi connectivity index (χ4n) is 5.67. The molecule has 0 spiro atoms. The van der Waals surface area contributed by atoms with Gasteiger partial charge in [-0.3, -0.25) is 14.7 Å². The second-order valence-corrected chi connectivity index (χ2v) is 10.5. The monoisotopic (exact) mass is 492 g/mol. The van der Waals surface area contributed by atoms with E-state index in [1.54, 1.807) is 0 Å². The minimum atomic E-state index is -0.710. The number of carbonyl (C=O) groups is 1. The molecule has 192 valence electrons. The van der Waals surface area contributed by atoms with Gasteiger partial charge in [0.2, 0.25) is 0 Å². The lowest BCUT2D eigenvalue weighted by Gasteiger charge is -2.36. The Morgan fingerprint density at radius 1 is 1.19 bits per heavy atom. The molecule has 0 aromatic carbocycles. The van der Waals surface area contributed by atoms with Crippen molar-refractivity contribution in [2.45, 2.75) is 71.1 Å². The second kappa shape index (κ2) is 10.5. The molecule has 1 aliphatic heterocycles. The molecule has 1 atom stereocenters. The van der Waals surface area contributed by atoms with Crippen molar-refractivity contribution in [3.63, 3.8) is 0 Å². The SMILES string of the molecule is CCC1=CC(c2noc(-c3cc(C)nc(C4CCCC4)c3)n2)CC(C)=C1OCCN1CC(C(=O)O)C1. The van der Waals surface area contributed by atoms with E-state index in [0.29, 0.717) is 37.3 Å². The van der Waals surface area contributed by atoms with Crippen molar-refractivity contribution in [1.82, 2.24) is 20.0 Å². The molecule has 0 amide bonds. The molecule has 2 fully saturated rings. The summed E-state index contributed by atoms with van der Waals surface area (Å²) in [6, 6.07) is 4.15. The van der Waals surface area contributed by atoms with Gasteiger partial charge in [-0.05, 0) is 62.8 Å². The standard InChI is InChI=1S/C28H36N4O4/c1-4-19-13-21(11-17(2)25(19)35-10-9-32-15-23(16-32)28(33)34)26-30-27(36-31-26)22-12-18(3)29-24(14-22)20-7-5-6-8-20/h12-14,20-21,23H,4-11,15-16H2,1-3H3,(H,33,34). The maximum Gasteiger partial charge on any atom is 0.309 e. The van der Waals surface area contributed by atoms with Gasteiger partial charge in [-0.1, -0.05) is 31.0 Å². The van der Waals surface area contributed by atoms with Gasteiger partial charge in [0.05, 0.1) is 5.92 Å². The number of hydrogen-bond acceptors (Lipinski definition) is 7. The highest BCUT2D eigenvalue weighted by molar-refractivity contribution is 5.71. The van der Waals surface area contributed by atoms with Gasteiger partial charge in [0.1, 0.15) is 12.4 Å². The van der Waals surface area contributed by atoms with Crippen LogP contribution < -0.4 is 0 Å². The third-order valence-electron chi connectivity index (χ3n) is 7.72. The van der Waals surface area contributed by atoms with Gasteiger partial charge in [-0.15, -0.1) is 0 Å². The van der Waals surface area contributed by atoms with Crippen molar-refractivity contribution in [1.29, 1.82) is 0 Å². The maximum atomic E-state index is 11.0. The number of hydrogen-bond donors (Lipinski definition) is 1. The first-order valence-corrected chi connectivity index (χ1v) is 13.2. The molecule has 36 heavy (non-hydrogen) atoms. The van der Waals surface area contributed by atoms with Gasteiger partial charge < -0.3 is 14.4 Å². The first-order valence-electron chi connectivity index (χ1n) is 13.2. The molecule has 0 radical (unpaired) electrons. The number of carboxylic acid groups (broad SMARTS) is 1. The third kappa shape index (κ3) is 5.24. The normalized spacial score (nSPS) is 21.5. The summed E-state index contributed by atoms with van der Waals surface area (Å²) in [5.74, 6) is 1.85. The minimum absolute atomic E-state index is 0.0498. The number of pyridine rings is 1. The zero-order chi connectivity index (χ0) is 25.2. The van der Waals surface area contributed by atoms with Crippen LogP contribution in [-0.4, -0.2) is 57.3 Å². The first kappa shape index (κ1) is 24.7. The van der Waals surface area contributed by atoms with E-state index in [1.165, 1.54) is 31.3 Å². The number of aryl methyl sites for hydroxylation is 1. The van der Waals surface area contributed by atoms with Crippen LogP contribution in [0.15, 0.2) is 39.6 Å². The molecule has 3 aliphatic rings. The largest absolute Gasteiger partial charge is 0.492 e. The van der Waals surface area contributed by atoms with Crippen LogP contribution in [0.3, 0.4) is 0 Å². The molecule has 2 aromatic rings. The number of likely N-dealkylation sites (tertiary alicyclic amines) is 1. The highest BCUT2D eigenvalue weighted by Crippen LogP contribution is 2.37. The number of ether oxygens (including phenoxy) is 1. The maximum absolute atomic E-state index is 11.0. The molecule has 3 heterocycles. The van der Waals surface area contributed by atoms with Crippen LogP contribution in [0, 0.1) is 12.8 Å². The highest BCUT2D eigenvalue weighted by atomic mass is 16.5. The molecule has 1 saturated carbocycles. The Labute approximate surface area is 212 Å². The van der Waals surface area contributed by atoms with Gasteiger partial charge in [0.15, 0.2) is 5.82 Å². The summed E-state index contributed by atoms with van der Waals surface area (Å²) in [6.07, 6.45) is 8.80. The van der Waals surface area contributed by atoms with Crippen LogP contribution in [0.1, 0.15) is 81.4 Å². The van der Waals surface area contributed by atoms with E-state index in [-0.39, 0.29) is 11.8 Å². The molecular weight excluding hydrogens is 456 g/mol. The minimum Gasteiger partial charge on any atom is -0.492 e. The van der Waals surface area contributed by atoms with Crippen LogP contribution in [0.25, 0.3) is 11.5 Å². The third-order valence-corrected chi connectivity index (χ3v) is 7.72. The van der Waals surface area contributed by atoms with Crippen molar-refractivity contribution in [2.24, 2.45) is 5.92 Å². The van der Waals surface area contributed by atoms with Crippen molar-refractivity contribution >= 4 is 5.97 Å². The summed E-state index contributed by atoms with van der Waals surface area (Å²) in [6.45, 7) is 8.77. The van der Waals surface area contributed by atoms with Gasteiger partial charge in [0, 0.05) is 48.4 Å². The summed E-state index contributed by atoms with van der Waals surface area (Å²) in [5, 5.41) is 13.4. The number of allylic oxidation sites excluding steroid dienone is 3. The molecule has 1 unspecified atom stereocenters. The Morgan fingerprint density at radius 3 is 2.69 bits per heavy atom. The molecule has 1 N–H and O–H groups in total. The van der Waals surface area contributed by atoms with E-state index in [2.05, 4.69) is 36.0 Å². The lowest BCUT2D eigenvalue weighted by atomic mass is 9.88. The number of aromatic nitrogens is 3. The summed E-state index contributed by atoms with van der Waals surface area (Å²) in [4.78, 5) is 22.7. The molecule has 8 nitrogen and oxygen atoms in total. The molecule has 5 rings (SSSR count). The van der Waals surface area contributed by atoms with Gasteiger partial charge >= 0.3 is 5.97 Å². The van der Waals surface area contributed by atoms with Crippen molar-refractivity contribution in [3.05, 3.63) is 52.3 Å². The highest BCUT2D eigenvalue weighted by Gasteiger charge is 2.32. The topological polar surface area (TPSA) is 102 Å². The van der Waals surface area contributed by atoms with Crippen LogP contribution in [0.5, 0.6) is 0 Å². The Balaban J connectivity index is 1.25. The predicted molar refractivity (Wildman–Crippen MR) is 135 cm³/mol. The molecule has 1 saturated heterocycles. The average Bonchev–Trinajstić information content (AvgIpc) is 3.53. The zero-order valence-electron chi connectivity index (χ0n) is 21.5. The van der Waals surface area contributed by atoms with E-state index in [0.717, 1.165) is 47.7 Å². The van der Waals surface area contributed by atoms with Gasteiger partial charge in [-0.25, -0.2) is 0 Å². The van der Waals surface area contributed by atoms with Gasteiger partial charge in [-0.2, -0.15) is 4.98 Å². The molecule has 8 heteroatoms. The van der Waals surface area contributed by atoms with Crippen molar-refractivity contribution in [3.8, 4) is 11.5 Å². The van der Waals surface area contributed by atoms with E-state index in [1.807, 2.05) is 13.0 Å². The van der Waals surface area contributed by atoms with Crippen LogP contribution in [-0.2, 0) is 9.53 Å². The number of aliphatic carboxylic acids is 1. The zero-order valence-corrected chi connectivity index (χ0v) is 21.5. The van der Waals surface area contributed by atoms with E-state index in [4.69, 9.17) is 24.3 Å². The summed E-state index contributed by atoms with van der Waals surface area (Å²) in [7, 11) is 0. The Morgan fingerprint density at radius 2 is 1.97 bits per heavy atom. The summed E-state index contributed by atoms with van der Waals surface area (Å²) < 4.78 is 11.9.